The average Bonchev–Trinajstić information content (AvgIpc) is 3.05. The van der Waals surface area contributed by atoms with Crippen LogP contribution in [0.1, 0.15) is 18.1 Å². The number of rotatable bonds is 6. The maximum absolute atomic E-state index is 14.0. The van der Waals surface area contributed by atoms with E-state index >= 15 is 0 Å². The molecule has 0 bridgehead atoms. The fourth-order valence-electron chi connectivity index (χ4n) is 3.76. The normalized spacial score (nSPS) is 18.0. The number of ether oxygens (including phenoxy) is 1. The molecule has 0 amide bonds. The Morgan fingerprint density at radius 3 is 2.44 bits per heavy atom. The quantitative estimate of drug-likeness (QED) is 0.490. The number of fused-ring (bicyclic) bond motifs is 1. The van der Waals surface area contributed by atoms with Gasteiger partial charge in [0.15, 0.2) is 5.54 Å². The van der Waals surface area contributed by atoms with Crippen LogP contribution in [0.3, 0.4) is 0 Å². The molecule has 1 aliphatic heterocycles. The molecule has 168 valence electrons. The average molecular weight is 464 g/mol. The van der Waals surface area contributed by atoms with Gasteiger partial charge in [-0.25, -0.2) is 4.98 Å². The monoisotopic (exact) mass is 463 g/mol. The molecule has 0 spiro atoms. The van der Waals surface area contributed by atoms with Crippen molar-refractivity contribution in [2.45, 2.75) is 38.2 Å². The number of anilines is 1. The van der Waals surface area contributed by atoms with Crippen molar-refractivity contribution in [2.24, 2.45) is 0 Å². The Bertz CT molecular complexity index is 1150. The van der Waals surface area contributed by atoms with Gasteiger partial charge in [-0.2, -0.15) is 13.2 Å². The zero-order valence-corrected chi connectivity index (χ0v) is 18.0. The van der Waals surface area contributed by atoms with E-state index in [9.17, 15) is 18.0 Å². The number of aromatic nitrogens is 2. The van der Waals surface area contributed by atoms with Gasteiger partial charge in [0.05, 0.1) is 6.54 Å². The predicted molar refractivity (Wildman–Crippen MR) is 116 cm³/mol. The zero-order chi connectivity index (χ0) is 22.9. The summed E-state index contributed by atoms with van der Waals surface area (Å²) >= 11 is 5.86. The number of benzene rings is 2. The fraction of sp³-hybridized carbons (Fsp3) is 0.304. The van der Waals surface area contributed by atoms with E-state index in [0.29, 0.717) is 18.8 Å². The molecule has 1 aromatic heterocycles. The molecule has 0 saturated carbocycles. The van der Waals surface area contributed by atoms with E-state index in [1.54, 1.807) is 12.1 Å². The third-order valence-corrected chi connectivity index (χ3v) is 5.86. The molecular weight excluding hydrogens is 443 g/mol. The van der Waals surface area contributed by atoms with Crippen LogP contribution in [0.25, 0.3) is 0 Å². The van der Waals surface area contributed by atoms with Crippen LogP contribution in [-0.2, 0) is 19.6 Å². The highest BCUT2D eigenvalue weighted by molar-refractivity contribution is 6.29. The highest BCUT2D eigenvalue weighted by Gasteiger charge is 2.59. The molecule has 5 nitrogen and oxygen atoms in total. The van der Waals surface area contributed by atoms with Crippen molar-refractivity contribution in [3.05, 3.63) is 87.3 Å². The van der Waals surface area contributed by atoms with E-state index in [1.165, 1.54) is 0 Å². The van der Waals surface area contributed by atoms with Crippen molar-refractivity contribution >= 4 is 17.5 Å². The van der Waals surface area contributed by atoms with Gasteiger partial charge >= 0.3 is 6.18 Å². The second-order valence-electron chi connectivity index (χ2n) is 7.89. The number of alkyl halides is 3. The predicted octanol–water partition coefficient (Wildman–Crippen LogP) is 4.86. The lowest BCUT2D eigenvalue weighted by Crippen LogP contribution is -2.56. The molecule has 2 heterocycles. The van der Waals surface area contributed by atoms with Crippen molar-refractivity contribution in [1.82, 2.24) is 9.55 Å². The second kappa shape index (κ2) is 8.50. The van der Waals surface area contributed by atoms with E-state index in [4.69, 9.17) is 16.3 Å². The lowest BCUT2D eigenvalue weighted by Gasteiger charge is -2.36. The highest BCUT2D eigenvalue weighted by atomic mass is 35.5. The molecular formula is C23H21ClF3N3O2. The summed E-state index contributed by atoms with van der Waals surface area (Å²) in [6, 6.07) is 18.0. The molecule has 0 aliphatic carbocycles. The molecule has 1 atom stereocenters. The van der Waals surface area contributed by atoms with Crippen LogP contribution in [0.4, 0.5) is 19.1 Å². The Morgan fingerprint density at radius 1 is 1.09 bits per heavy atom. The van der Waals surface area contributed by atoms with E-state index in [-0.39, 0.29) is 17.6 Å². The minimum absolute atomic E-state index is 0.0208. The molecule has 0 N–H and O–H groups in total. The summed E-state index contributed by atoms with van der Waals surface area (Å²) in [7, 11) is 0. The number of nitrogens with zero attached hydrogens (tertiary/aromatic N) is 3. The Morgan fingerprint density at radius 2 is 1.78 bits per heavy atom. The van der Waals surface area contributed by atoms with Gasteiger partial charge in [0.25, 0.3) is 5.56 Å². The van der Waals surface area contributed by atoms with Crippen molar-refractivity contribution in [3.8, 4) is 5.75 Å². The molecule has 32 heavy (non-hydrogen) atoms. The number of hydrogen-bond acceptors (Lipinski definition) is 4. The first kappa shape index (κ1) is 22.2. The first-order chi connectivity index (χ1) is 15.2. The van der Waals surface area contributed by atoms with Crippen LogP contribution in [0.5, 0.6) is 5.75 Å². The fourth-order valence-corrected chi connectivity index (χ4v) is 3.93. The zero-order valence-electron chi connectivity index (χ0n) is 17.3. The summed E-state index contributed by atoms with van der Waals surface area (Å²) < 4.78 is 48.7. The van der Waals surface area contributed by atoms with Crippen LogP contribution >= 0.6 is 11.6 Å². The van der Waals surface area contributed by atoms with Crippen molar-refractivity contribution in [1.29, 1.82) is 0 Å². The topological polar surface area (TPSA) is 47.4 Å². The van der Waals surface area contributed by atoms with Crippen molar-refractivity contribution in [2.75, 3.05) is 11.4 Å². The van der Waals surface area contributed by atoms with Gasteiger partial charge in [0.2, 0.25) is 5.95 Å². The van der Waals surface area contributed by atoms with Crippen molar-refractivity contribution in [3.63, 3.8) is 0 Å². The summed E-state index contributed by atoms with van der Waals surface area (Å²) in [6.45, 7) is 1.000. The molecule has 2 aromatic carbocycles. The molecule has 0 fully saturated rings. The molecule has 3 aromatic rings. The Labute approximate surface area is 188 Å². The standard InChI is InChI=1S/C23H21ClF3N3O2/c1-22(23(25,26)27)15-29-20(31)13-19(24)28-21(29)30(22)12-11-16-7-9-18(10-8-16)32-14-17-5-3-2-4-6-17/h2-10,13H,11-12,14-15H2,1H3. The lowest BCUT2D eigenvalue weighted by atomic mass is 10.00. The van der Waals surface area contributed by atoms with Crippen LogP contribution in [-0.4, -0.2) is 27.8 Å². The maximum atomic E-state index is 14.0. The summed E-state index contributed by atoms with van der Waals surface area (Å²) in [5.41, 5.74) is -0.977. The van der Waals surface area contributed by atoms with Crippen LogP contribution in [0.15, 0.2) is 65.5 Å². The molecule has 0 saturated heterocycles. The number of hydrogen-bond donors (Lipinski definition) is 0. The molecule has 0 radical (unpaired) electrons. The third-order valence-electron chi connectivity index (χ3n) is 5.67. The SMILES string of the molecule is CC1(C(F)(F)F)Cn2c(nc(Cl)cc2=O)N1CCc1ccc(OCc2ccccc2)cc1. The van der Waals surface area contributed by atoms with Gasteiger partial charge in [-0.3, -0.25) is 9.36 Å². The Hall–Kier alpha value is -3.00. The molecule has 1 unspecified atom stereocenters. The largest absolute Gasteiger partial charge is 0.489 e. The summed E-state index contributed by atoms with van der Waals surface area (Å²) in [6.07, 6.45) is -4.23. The Kier molecular flexibility index (Phi) is 5.90. The second-order valence-corrected chi connectivity index (χ2v) is 8.28. The number of halogens is 4. The van der Waals surface area contributed by atoms with Gasteiger partial charge in [-0.15, -0.1) is 0 Å². The van der Waals surface area contributed by atoms with E-state index in [2.05, 4.69) is 4.98 Å². The smallest absolute Gasteiger partial charge is 0.413 e. The third kappa shape index (κ3) is 4.32. The maximum Gasteiger partial charge on any atom is 0.413 e. The van der Waals surface area contributed by atoms with Gasteiger partial charge in [-0.1, -0.05) is 54.1 Å². The summed E-state index contributed by atoms with van der Waals surface area (Å²) in [5, 5.41) is -0.127. The highest BCUT2D eigenvalue weighted by Crippen LogP contribution is 2.43. The van der Waals surface area contributed by atoms with Crippen molar-refractivity contribution < 1.29 is 17.9 Å². The first-order valence-electron chi connectivity index (χ1n) is 10.0. The molecule has 1 aliphatic rings. The van der Waals surface area contributed by atoms with Gasteiger partial charge in [0, 0.05) is 12.6 Å². The minimum atomic E-state index is -4.56. The van der Waals surface area contributed by atoms with Gasteiger partial charge in [0.1, 0.15) is 17.5 Å². The summed E-state index contributed by atoms with van der Waals surface area (Å²) in [4.78, 5) is 17.3. The minimum Gasteiger partial charge on any atom is -0.489 e. The van der Waals surface area contributed by atoms with E-state index in [0.717, 1.165) is 33.6 Å². The van der Waals surface area contributed by atoms with Gasteiger partial charge < -0.3 is 9.64 Å². The van der Waals surface area contributed by atoms with E-state index in [1.807, 2.05) is 42.5 Å². The van der Waals surface area contributed by atoms with Crippen LogP contribution in [0.2, 0.25) is 5.15 Å². The molecule has 9 heteroatoms. The Balaban J connectivity index is 1.49. The lowest BCUT2D eigenvalue weighted by molar-refractivity contribution is -0.182. The van der Waals surface area contributed by atoms with Crippen LogP contribution in [0, 0.1) is 0 Å². The first-order valence-corrected chi connectivity index (χ1v) is 10.4. The molecule has 4 rings (SSSR count). The van der Waals surface area contributed by atoms with E-state index < -0.39 is 23.8 Å². The van der Waals surface area contributed by atoms with Crippen LogP contribution < -0.4 is 15.2 Å². The summed E-state index contributed by atoms with van der Waals surface area (Å²) in [5.74, 6) is 0.606. The van der Waals surface area contributed by atoms with Gasteiger partial charge in [-0.05, 0) is 36.6 Å².